The van der Waals surface area contributed by atoms with Gasteiger partial charge in [0.1, 0.15) is 12.4 Å². The molecule has 2 aromatic rings. The maximum atomic E-state index is 12.2. The second kappa shape index (κ2) is 9.74. The molecule has 2 aromatic carbocycles. The molecule has 1 amide bonds. The average molecular weight is 390 g/mol. The van der Waals surface area contributed by atoms with E-state index in [-0.39, 0.29) is 23.7 Å². The molecule has 1 unspecified atom stereocenters. The smallest absolute Gasteiger partial charge is 0.238 e. The lowest BCUT2D eigenvalue weighted by molar-refractivity contribution is -0.117. The predicted octanol–water partition coefficient (Wildman–Crippen LogP) is 3.30. The molecular formula is C21H28ClN3O2. The molecular weight excluding hydrogens is 362 g/mol. The summed E-state index contributed by atoms with van der Waals surface area (Å²) in [5.41, 5.74) is 7.86. The van der Waals surface area contributed by atoms with Crippen LogP contribution in [0.15, 0.2) is 54.6 Å². The summed E-state index contributed by atoms with van der Waals surface area (Å²) in [5, 5.41) is 2.95. The molecule has 0 spiro atoms. The zero-order valence-corrected chi connectivity index (χ0v) is 16.5. The molecule has 3 N–H and O–H groups in total. The number of nitrogens with zero attached hydrogens (tertiary/aromatic N) is 1. The van der Waals surface area contributed by atoms with Crippen LogP contribution in [0.25, 0.3) is 0 Å². The van der Waals surface area contributed by atoms with E-state index in [0.29, 0.717) is 19.7 Å². The number of carbonyl (C=O) groups is 1. The Balaban J connectivity index is 0.00000261. The quantitative estimate of drug-likeness (QED) is 0.762. The van der Waals surface area contributed by atoms with Crippen molar-refractivity contribution >= 4 is 24.0 Å². The Labute approximate surface area is 167 Å². The van der Waals surface area contributed by atoms with E-state index in [0.717, 1.165) is 36.5 Å². The molecule has 6 heteroatoms. The van der Waals surface area contributed by atoms with Crippen LogP contribution in [0.4, 0.5) is 5.69 Å². The van der Waals surface area contributed by atoms with Crippen LogP contribution in [0.3, 0.4) is 0 Å². The minimum Gasteiger partial charge on any atom is -0.489 e. The lowest BCUT2D eigenvalue weighted by atomic mass is 9.90. The summed E-state index contributed by atoms with van der Waals surface area (Å²) in [6.45, 7) is 5.58. The van der Waals surface area contributed by atoms with Gasteiger partial charge in [-0.1, -0.05) is 37.3 Å². The molecule has 146 valence electrons. The molecule has 1 aliphatic rings. The number of halogens is 1. The van der Waals surface area contributed by atoms with Crippen LogP contribution in [-0.4, -0.2) is 37.0 Å². The first-order valence-electron chi connectivity index (χ1n) is 9.05. The van der Waals surface area contributed by atoms with Gasteiger partial charge in [-0.2, -0.15) is 0 Å². The van der Waals surface area contributed by atoms with Crippen LogP contribution in [0, 0.1) is 5.41 Å². The molecule has 3 rings (SSSR count). The Hall–Kier alpha value is -2.08. The molecule has 1 heterocycles. The Kier molecular flexibility index (Phi) is 7.66. The Morgan fingerprint density at radius 2 is 1.89 bits per heavy atom. The van der Waals surface area contributed by atoms with Crippen molar-refractivity contribution in [2.75, 3.05) is 31.5 Å². The minimum atomic E-state index is 0. The highest BCUT2D eigenvalue weighted by molar-refractivity contribution is 5.92. The average Bonchev–Trinajstić information content (AvgIpc) is 3.03. The Bertz CT molecular complexity index is 724. The van der Waals surface area contributed by atoms with Gasteiger partial charge in [-0.25, -0.2) is 0 Å². The van der Waals surface area contributed by atoms with Gasteiger partial charge in [0.25, 0.3) is 0 Å². The predicted molar refractivity (Wildman–Crippen MR) is 111 cm³/mol. The Morgan fingerprint density at radius 1 is 1.19 bits per heavy atom. The van der Waals surface area contributed by atoms with Crippen molar-refractivity contribution in [3.05, 3.63) is 60.2 Å². The SMILES string of the molecule is CC1(CN)CCN(CC(=O)Nc2ccc(OCc3ccccc3)cc2)C1.Cl. The molecule has 0 saturated carbocycles. The number of amides is 1. The molecule has 0 aliphatic carbocycles. The first-order valence-corrected chi connectivity index (χ1v) is 9.05. The molecule has 1 saturated heterocycles. The van der Waals surface area contributed by atoms with Crippen LogP contribution >= 0.6 is 12.4 Å². The number of likely N-dealkylation sites (tertiary alicyclic amines) is 1. The third kappa shape index (κ3) is 6.24. The van der Waals surface area contributed by atoms with Gasteiger partial charge in [0.15, 0.2) is 0 Å². The monoisotopic (exact) mass is 389 g/mol. The number of carbonyl (C=O) groups excluding carboxylic acids is 1. The van der Waals surface area contributed by atoms with Crippen molar-refractivity contribution in [1.82, 2.24) is 4.90 Å². The van der Waals surface area contributed by atoms with Crippen molar-refractivity contribution in [2.45, 2.75) is 20.0 Å². The number of hydrogen-bond acceptors (Lipinski definition) is 4. The second-order valence-corrected chi connectivity index (χ2v) is 7.32. The van der Waals surface area contributed by atoms with Crippen LogP contribution in [0.1, 0.15) is 18.9 Å². The number of rotatable bonds is 7. The van der Waals surface area contributed by atoms with Crippen molar-refractivity contribution in [3.63, 3.8) is 0 Å². The van der Waals surface area contributed by atoms with Gasteiger partial charge in [0, 0.05) is 12.2 Å². The molecule has 0 bridgehead atoms. The largest absolute Gasteiger partial charge is 0.489 e. The molecule has 1 aliphatic heterocycles. The highest BCUT2D eigenvalue weighted by Gasteiger charge is 2.33. The molecule has 1 atom stereocenters. The number of benzene rings is 2. The summed E-state index contributed by atoms with van der Waals surface area (Å²) in [4.78, 5) is 14.4. The van der Waals surface area contributed by atoms with Crippen molar-refractivity contribution in [3.8, 4) is 5.75 Å². The van der Waals surface area contributed by atoms with Gasteiger partial charge in [-0.15, -0.1) is 12.4 Å². The third-order valence-corrected chi connectivity index (χ3v) is 4.88. The lowest BCUT2D eigenvalue weighted by Crippen LogP contribution is -2.35. The van der Waals surface area contributed by atoms with E-state index in [1.165, 1.54) is 0 Å². The minimum absolute atomic E-state index is 0. The van der Waals surface area contributed by atoms with Gasteiger partial charge in [0.05, 0.1) is 6.54 Å². The fourth-order valence-electron chi connectivity index (χ4n) is 3.21. The molecule has 1 fully saturated rings. The molecule has 0 aromatic heterocycles. The number of anilines is 1. The maximum Gasteiger partial charge on any atom is 0.238 e. The molecule has 27 heavy (non-hydrogen) atoms. The standard InChI is InChI=1S/C21H27N3O2.ClH/c1-21(15-22)11-12-24(16-21)13-20(25)23-18-7-9-19(10-8-18)26-14-17-5-3-2-4-6-17;/h2-10H,11-16,22H2,1H3,(H,23,25);1H. The fraction of sp³-hybridized carbons (Fsp3) is 0.381. The zero-order valence-electron chi connectivity index (χ0n) is 15.7. The number of ether oxygens (including phenoxy) is 1. The first-order chi connectivity index (χ1) is 12.6. The number of nitrogens with two attached hydrogens (primary N) is 1. The molecule has 0 radical (unpaired) electrons. The number of nitrogens with one attached hydrogen (secondary N) is 1. The van der Waals surface area contributed by atoms with E-state index in [4.69, 9.17) is 10.5 Å². The van der Waals surface area contributed by atoms with Crippen LogP contribution in [-0.2, 0) is 11.4 Å². The van der Waals surface area contributed by atoms with Crippen LogP contribution in [0.5, 0.6) is 5.75 Å². The normalized spacial score (nSPS) is 19.3. The zero-order chi connectivity index (χ0) is 18.4. The molecule has 5 nitrogen and oxygen atoms in total. The lowest BCUT2D eigenvalue weighted by Gasteiger charge is -2.22. The van der Waals surface area contributed by atoms with Crippen LogP contribution < -0.4 is 15.8 Å². The van der Waals surface area contributed by atoms with Gasteiger partial charge < -0.3 is 15.8 Å². The van der Waals surface area contributed by atoms with E-state index < -0.39 is 0 Å². The number of hydrogen-bond donors (Lipinski definition) is 2. The first kappa shape index (κ1) is 21.2. The second-order valence-electron chi connectivity index (χ2n) is 7.32. The van der Waals surface area contributed by atoms with Crippen LogP contribution in [0.2, 0.25) is 0 Å². The summed E-state index contributed by atoms with van der Waals surface area (Å²) in [6, 6.07) is 17.5. The topological polar surface area (TPSA) is 67.6 Å². The van der Waals surface area contributed by atoms with Crippen molar-refractivity contribution in [1.29, 1.82) is 0 Å². The van der Waals surface area contributed by atoms with E-state index in [9.17, 15) is 4.79 Å². The summed E-state index contributed by atoms with van der Waals surface area (Å²) in [5.74, 6) is 0.786. The van der Waals surface area contributed by atoms with Gasteiger partial charge in [0.2, 0.25) is 5.91 Å². The maximum absolute atomic E-state index is 12.2. The summed E-state index contributed by atoms with van der Waals surface area (Å²) >= 11 is 0. The highest BCUT2D eigenvalue weighted by atomic mass is 35.5. The van der Waals surface area contributed by atoms with Gasteiger partial charge in [-0.05, 0) is 54.8 Å². The fourth-order valence-corrected chi connectivity index (χ4v) is 3.21. The van der Waals surface area contributed by atoms with E-state index in [2.05, 4.69) is 17.1 Å². The van der Waals surface area contributed by atoms with Gasteiger partial charge in [-0.3, -0.25) is 9.69 Å². The third-order valence-electron chi connectivity index (χ3n) is 4.88. The summed E-state index contributed by atoms with van der Waals surface area (Å²) < 4.78 is 5.76. The van der Waals surface area contributed by atoms with E-state index in [1.807, 2.05) is 54.6 Å². The van der Waals surface area contributed by atoms with E-state index >= 15 is 0 Å². The summed E-state index contributed by atoms with van der Waals surface area (Å²) in [7, 11) is 0. The highest BCUT2D eigenvalue weighted by Crippen LogP contribution is 2.28. The summed E-state index contributed by atoms with van der Waals surface area (Å²) in [6.07, 6.45) is 1.05. The van der Waals surface area contributed by atoms with Crippen molar-refractivity contribution in [2.24, 2.45) is 11.1 Å². The van der Waals surface area contributed by atoms with Crippen molar-refractivity contribution < 1.29 is 9.53 Å². The van der Waals surface area contributed by atoms with Gasteiger partial charge >= 0.3 is 0 Å². The van der Waals surface area contributed by atoms with E-state index in [1.54, 1.807) is 0 Å². The Morgan fingerprint density at radius 3 is 2.52 bits per heavy atom.